The van der Waals surface area contributed by atoms with E-state index in [4.69, 9.17) is 5.73 Å². The molecule has 1 aromatic carbocycles. The fourth-order valence-electron chi connectivity index (χ4n) is 2.33. The number of amides is 1. The normalized spacial score (nSPS) is 19.3. The van der Waals surface area contributed by atoms with Crippen molar-refractivity contribution in [2.24, 2.45) is 5.73 Å². The zero-order valence-electron chi connectivity index (χ0n) is 10.0. The number of hydrogen-bond donors (Lipinski definition) is 1. The second-order valence-electron chi connectivity index (χ2n) is 4.54. The standard InChI is InChI=1S/C13H16BrFN2O/c14-11-6-9(3-4-12(11)15)7-13(18)17-5-1-2-10(17)8-16/h3-4,6,10H,1-2,5,7-8,16H2/t10-/m1/s1. The van der Waals surface area contributed by atoms with Gasteiger partial charge in [-0.05, 0) is 46.5 Å². The molecule has 0 spiro atoms. The number of nitrogens with two attached hydrogens (primary N) is 1. The molecule has 0 bridgehead atoms. The van der Waals surface area contributed by atoms with Gasteiger partial charge in [-0.2, -0.15) is 0 Å². The first-order chi connectivity index (χ1) is 8.61. The first-order valence-corrected chi connectivity index (χ1v) is 6.84. The maximum Gasteiger partial charge on any atom is 0.227 e. The Morgan fingerprint density at radius 2 is 2.33 bits per heavy atom. The monoisotopic (exact) mass is 314 g/mol. The summed E-state index contributed by atoms with van der Waals surface area (Å²) in [4.78, 5) is 14.0. The van der Waals surface area contributed by atoms with E-state index in [2.05, 4.69) is 15.9 Å². The van der Waals surface area contributed by atoms with E-state index in [9.17, 15) is 9.18 Å². The van der Waals surface area contributed by atoms with Crippen LogP contribution in [0.5, 0.6) is 0 Å². The molecule has 5 heteroatoms. The molecule has 3 nitrogen and oxygen atoms in total. The molecule has 1 aromatic rings. The highest BCUT2D eigenvalue weighted by atomic mass is 79.9. The molecule has 2 N–H and O–H groups in total. The van der Waals surface area contributed by atoms with E-state index in [1.165, 1.54) is 6.07 Å². The van der Waals surface area contributed by atoms with E-state index in [0.717, 1.165) is 24.9 Å². The zero-order valence-corrected chi connectivity index (χ0v) is 11.6. The van der Waals surface area contributed by atoms with Gasteiger partial charge in [-0.25, -0.2) is 4.39 Å². The van der Waals surface area contributed by atoms with E-state index < -0.39 is 0 Å². The SMILES string of the molecule is NC[C@H]1CCCN1C(=O)Cc1ccc(F)c(Br)c1. The molecular formula is C13H16BrFN2O. The van der Waals surface area contributed by atoms with Gasteiger partial charge in [0.15, 0.2) is 0 Å². The molecule has 1 heterocycles. The lowest BCUT2D eigenvalue weighted by Gasteiger charge is -2.23. The number of nitrogens with zero attached hydrogens (tertiary/aromatic N) is 1. The highest BCUT2D eigenvalue weighted by Crippen LogP contribution is 2.20. The van der Waals surface area contributed by atoms with Gasteiger partial charge in [-0.15, -0.1) is 0 Å². The van der Waals surface area contributed by atoms with Crippen molar-refractivity contribution in [3.8, 4) is 0 Å². The molecule has 18 heavy (non-hydrogen) atoms. The maximum atomic E-state index is 13.1. The van der Waals surface area contributed by atoms with Gasteiger partial charge < -0.3 is 10.6 Å². The molecule has 2 rings (SSSR count). The number of hydrogen-bond acceptors (Lipinski definition) is 2. The molecule has 1 aliphatic rings. The Hall–Kier alpha value is -0.940. The first kappa shape index (κ1) is 13.5. The fourth-order valence-corrected chi connectivity index (χ4v) is 2.76. The Kier molecular flexibility index (Phi) is 4.35. The van der Waals surface area contributed by atoms with Gasteiger partial charge in [0.1, 0.15) is 5.82 Å². The van der Waals surface area contributed by atoms with Crippen molar-refractivity contribution in [2.45, 2.75) is 25.3 Å². The molecular weight excluding hydrogens is 299 g/mol. The molecule has 1 fully saturated rings. The predicted molar refractivity (Wildman–Crippen MR) is 71.6 cm³/mol. The van der Waals surface area contributed by atoms with E-state index in [1.54, 1.807) is 12.1 Å². The summed E-state index contributed by atoms with van der Waals surface area (Å²) in [5.41, 5.74) is 6.46. The molecule has 0 unspecified atom stereocenters. The average Bonchev–Trinajstić information content (AvgIpc) is 2.82. The number of likely N-dealkylation sites (tertiary alicyclic amines) is 1. The summed E-state index contributed by atoms with van der Waals surface area (Å²) in [5.74, 6) is -0.242. The summed E-state index contributed by atoms with van der Waals surface area (Å²) in [6.45, 7) is 1.29. The van der Waals surface area contributed by atoms with Crippen LogP contribution < -0.4 is 5.73 Å². The number of rotatable bonds is 3. The zero-order chi connectivity index (χ0) is 13.1. The first-order valence-electron chi connectivity index (χ1n) is 6.05. The third kappa shape index (κ3) is 2.90. The summed E-state index contributed by atoms with van der Waals surface area (Å²) >= 11 is 3.13. The van der Waals surface area contributed by atoms with Crippen LogP contribution in [0.3, 0.4) is 0 Å². The van der Waals surface area contributed by atoms with Gasteiger partial charge in [-0.1, -0.05) is 6.07 Å². The Morgan fingerprint density at radius 1 is 1.56 bits per heavy atom. The van der Waals surface area contributed by atoms with Crippen molar-refractivity contribution in [1.82, 2.24) is 4.90 Å². The van der Waals surface area contributed by atoms with Crippen LogP contribution in [0, 0.1) is 5.82 Å². The molecule has 1 saturated heterocycles. The van der Waals surface area contributed by atoms with E-state index in [-0.39, 0.29) is 17.8 Å². The van der Waals surface area contributed by atoms with Gasteiger partial charge in [0.25, 0.3) is 0 Å². The van der Waals surface area contributed by atoms with Crippen LogP contribution in [0.2, 0.25) is 0 Å². The maximum absolute atomic E-state index is 13.1. The molecule has 0 aliphatic carbocycles. The van der Waals surface area contributed by atoms with Gasteiger partial charge in [0, 0.05) is 19.1 Å². The van der Waals surface area contributed by atoms with Crippen LogP contribution in [-0.4, -0.2) is 29.9 Å². The lowest BCUT2D eigenvalue weighted by Crippen LogP contribution is -2.40. The van der Waals surface area contributed by atoms with E-state index >= 15 is 0 Å². The Morgan fingerprint density at radius 3 is 3.00 bits per heavy atom. The van der Waals surface area contributed by atoms with Crippen LogP contribution in [0.4, 0.5) is 4.39 Å². The largest absolute Gasteiger partial charge is 0.338 e. The predicted octanol–water partition coefficient (Wildman–Crippen LogP) is 2.08. The van der Waals surface area contributed by atoms with Crippen molar-refractivity contribution in [3.05, 3.63) is 34.1 Å². The topological polar surface area (TPSA) is 46.3 Å². The quantitative estimate of drug-likeness (QED) is 0.928. The lowest BCUT2D eigenvalue weighted by atomic mass is 10.1. The van der Waals surface area contributed by atoms with Gasteiger partial charge in [0.05, 0.1) is 10.9 Å². The summed E-state index contributed by atoms with van der Waals surface area (Å²) in [5, 5.41) is 0. The van der Waals surface area contributed by atoms with Crippen LogP contribution in [0.25, 0.3) is 0 Å². The third-order valence-corrected chi connectivity index (χ3v) is 3.92. The number of halogens is 2. The summed E-state index contributed by atoms with van der Waals surface area (Å²) < 4.78 is 13.5. The van der Waals surface area contributed by atoms with Crippen molar-refractivity contribution < 1.29 is 9.18 Å². The third-order valence-electron chi connectivity index (χ3n) is 3.31. The molecule has 1 aliphatic heterocycles. The molecule has 1 amide bonds. The summed E-state index contributed by atoms with van der Waals surface area (Å²) in [6.07, 6.45) is 2.30. The van der Waals surface area contributed by atoms with Crippen LogP contribution in [0.1, 0.15) is 18.4 Å². The number of benzene rings is 1. The molecule has 0 saturated carbocycles. The summed E-state index contributed by atoms with van der Waals surface area (Å²) in [7, 11) is 0. The average molecular weight is 315 g/mol. The van der Waals surface area contributed by atoms with Crippen molar-refractivity contribution in [1.29, 1.82) is 0 Å². The number of carbonyl (C=O) groups excluding carboxylic acids is 1. The van der Waals surface area contributed by atoms with Crippen molar-refractivity contribution in [3.63, 3.8) is 0 Å². The fraction of sp³-hybridized carbons (Fsp3) is 0.462. The molecule has 1 atom stereocenters. The summed E-state index contributed by atoms with van der Waals surface area (Å²) in [6, 6.07) is 4.84. The minimum absolute atomic E-state index is 0.0708. The van der Waals surface area contributed by atoms with Crippen LogP contribution in [-0.2, 0) is 11.2 Å². The second kappa shape index (κ2) is 5.80. The van der Waals surface area contributed by atoms with E-state index in [0.29, 0.717) is 17.4 Å². The Balaban J connectivity index is 2.04. The Labute approximate surface area is 114 Å². The van der Waals surface area contributed by atoms with E-state index in [1.807, 2.05) is 4.90 Å². The lowest BCUT2D eigenvalue weighted by molar-refractivity contribution is -0.131. The van der Waals surface area contributed by atoms with Crippen LogP contribution in [0.15, 0.2) is 22.7 Å². The smallest absolute Gasteiger partial charge is 0.227 e. The molecule has 98 valence electrons. The molecule has 0 radical (unpaired) electrons. The molecule has 0 aromatic heterocycles. The highest BCUT2D eigenvalue weighted by Gasteiger charge is 2.27. The Bertz CT molecular complexity index is 453. The minimum atomic E-state index is -0.313. The van der Waals surface area contributed by atoms with Crippen molar-refractivity contribution >= 4 is 21.8 Å². The van der Waals surface area contributed by atoms with Gasteiger partial charge in [-0.3, -0.25) is 4.79 Å². The van der Waals surface area contributed by atoms with Gasteiger partial charge in [0.2, 0.25) is 5.91 Å². The second-order valence-corrected chi connectivity index (χ2v) is 5.40. The van der Waals surface area contributed by atoms with Crippen LogP contribution >= 0.6 is 15.9 Å². The minimum Gasteiger partial charge on any atom is -0.338 e. The highest BCUT2D eigenvalue weighted by molar-refractivity contribution is 9.10. The number of carbonyl (C=O) groups is 1. The van der Waals surface area contributed by atoms with Crippen molar-refractivity contribution in [2.75, 3.05) is 13.1 Å². The van der Waals surface area contributed by atoms with Gasteiger partial charge >= 0.3 is 0 Å².